The molecule has 0 unspecified atom stereocenters. The molecule has 0 spiro atoms. The zero-order valence-corrected chi connectivity index (χ0v) is 19.3. The fourth-order valence-electron chi connectivity index (χ4n) is 3.56. The Morgan fingerprint density at radius 1 is 1.06 bits per heavy atom. The minimum absolute atomic E-state index is 0.132. The van der Waals surface area contributed by atoms with Gasteiger partial charge in [0.1, 0.15) is 11.3 Å². The van der Waals surface area contributed by atoms with Gasteiger partial charge in [-0.25, -0.2) is 4.52 Å². The van der Waals surface area contributed by atoms with Crippen molar-refractivity contribution in [1.82, 2.24) is 24.2 Å². The second-order valence-corrected chi connectivity index (χ2v) is 8.64. The minimum atomic E-state index is -0.132. The van der Waals surface area contributed by atoms with Crippen molar-refractivity contribution in [2.24, 2.45) is 0 Å². The number of hydrogen-bond donors (Lipinski definition) is 1. The van der Waals surface area contributed by atoms with Crippen LogP contribution in [-0.2, 0) is 4.79 Å². The van der Waals surface area contributed by atoms with Crippen LogP contribution in [0.25, 0.3) is 22.4 Å². The Kier molecular flexibility index (Phi) is 5.47. The Morgan fingerprint density at radius 3 is 2.76 bits per heavy atom. The van der Waals surface area contributed by atoms with Gasteiger partial charge in [0.25, 0.3) is 0 Å². The Labute approximate surface area is 194 Å². The van der Waals surface area contributed by atoms with Crippen LogP contribution in [0.1, 0.15) is 11.1 Å². The number of nitrogens with one attached hydrogen (secondary N) is 1. The van der Waals surface area contributed by atoms with Crippen LogP contribution in [-0.4, -0.2) is 43.0 Å². The van der Waals surface area contributed by atoms with Crippen molar-refractivity contribution in [3.63, 3.8) is 0 Å². The van der Waals surface area contributed by atoms with E-state index in [1.165, 1.54) is 22.9 Å². The molecule has 5 aromatic rings. The van der Waals surface area contributed by atoms with Crippen molar-refractivity contribution in [3.8, 4) is 17.0 Å². The molecule has 2 aromatic carbocycles. The number of aryl methyl sites for hydroxylation is 2. The number of rotatable bonds is 6. The van der Waals surface area contributed by atoms with E-state index in [-0.39, 0.29) is 11.7 Å². The second-order valence-electron chi connectivity index (χ2n) is 7.70. The van der Waals surface area contributed by atoms with Crippen molar-refractivity contribution in [2.45, 2.75) is 19.0 Å². The van der Waals surface area contributed by atoms with Crippen molar-refractivity contribution < 1.29 is 9.53 Å². The van der Waals surface area contributed by atoms with Crippen LogP contribution in [0.3, 0.4) is 0 Å². The highest BCUT2D eigenvalue weighted by atomic mass is 32.2. The standard InChI is InChI=1S/C24H22N6O2S/c1-15-7-8-17(11-16(15)2)20-13-21-23-26-27-24(29(23)9-10-30(21)28-20)33-14-22(31)25-18-5-4-6-19(12-18)32-3/h4-13H,14H2,1-3H3,(H,25,31). The smallest absolute Gasteiger partial charge is 0.234 e. The number of methoxy groups -OCH3 is 1. The molecule has 166 valence electrons. The molecule has 0 saturated heterocycles. The van der Waals surface area contributed by atoms with E-state index in [0.717, 1.165) is 16.8 Å². The van der Waals surface area contributed by atoms with E-state index in [2.05, 4.69) is 47.6 Å². The molecule has 0 bridgehead atoms. The summed E-state index contributed by atoms with van der Waals surface area (Å²) >= 11 is 1.33. The number of nitrogens with zero attached hydrogens (tertiary/aromatic N) is 5. The summed E-state index contributed by atoms with van der Waals surface area (Å²) in [6, 6.07) is 15.6. The third-order valence-corrected chi connectivity index (χ3v) is 6.42. The van der Waals surface area contributed by atoms with E-state index in [4.69, 9.17) is 9.84 Å². The summed E-state index contributed by atoms with van der Waals surface area (Å²) in [5, 5.41) is 16.9. The predicted molar refractivity (Wildman–Crippen MR) is 129 cm³/mol. The molecular weight excluding hydrogens is 436 g/mol. The molecule has 1 N–H and O–H groups in total. The molecule has 3 aromatic heterocycles. The molecule has 9 heteroatoms. The number of fused-ring (bicyclic) bond motifs is 3. The molecule has 8 nitrogen and oxygen atoms in total. The number of benzene rings is 2. The monoisotopic (exact) mass is 458 g/mol. The number of thioether (sulfide) groups is 1. The molecule has 0 atom stereocenters. The van der Waals surface area contributed by atoms with E-state index >= 15 is 0 Å². The number of amides is 1. The number of anilines is 1. The number of carbonyl (C=O) groups excluding carboxylic acids is 1. The van der Waals surface area contributed by atoms with Gasteiger partial charge < -0.3 is 10.1 Å². The van der Waals surface area contributed by atoms with E-state index in [0.29, 0.717) is 22.2 Å². The lowest BCUT2D eigenvalue weighted by Crippen LogP contribution is -2.14. The highest BCUT2D eigenvalue weighted by Gasteiger charge is 2.14. The van der Waals surface area contributed by atoms with Gasteiger partial charge in [0.05, 0.1) is 18.6 Å². The molecule has 0 aliphatic rings. The van der Waals surface area contributed by atoms with E-state index in [9.17, 15) is 4.79 Å². The maximum absolute atomic E-state index is 12.4. The molecule has 33 heavy (non-hydrogen) atoms. The molecule has 0 saturated carbocycles. The summed E-state index contributed by atoms with van der Waals surface area (Å²) in [5.41, 5.74) is 6.64. The third-order valence-electron chi connectivity index (χ3n) is 5.47. The summed E-state index contributed by atoms with van der Waals surface area (Å²) in [6.07, 6.45) is 3.73. The fourth-order valence-corrected chi connectivity index (χ4v) is 4.28. The summed E-state index contributed by atoms with van der Waals surface area (Å²) in [7, 11) is 1.59. The third kappa shape index (κ3) is 4.14. The van der Waals surface area contributed by atoms with Crippen LogP contribution in [0.2, 0.25) is 0 Å². The summed E-state index contributed by atoms with van der Waals surface area (Å²) in [6.45, 7) is 4.19. The highest BCUT2D eigenvalue weighted by molar-refractivity contribution is 7.99. The molecular formula is C24H22N6O2S. The van der Waals surface area contributed by atoms with Gasteiger partial charge in [-0.1, -0.05) is 30.0 Å². The average molecular weight is 459 g/mol. The molecule has 0 radical (unpaired) electrons. The number of hydrogen-bond acceptors (Lipinski definition) is 6. The quantitative estimate of drug-likeness (QED) is 0.380. The Bertz CT molecular complexity index is 1490. The minimum Gasteiger partial charge on any atom is -0.497 e. The largest absolute Gasteiger partial charge is 0.497 e. The maximum atomic E-state index is 12.4. The summed E-state index contributed by atoms with van der Waals surface area (Å²) < 4.78 is 8.88. The van der Waals surface area contributed by atoms with Crippen LogP contribution in [0.4, 0.5) is 5.69 Å². The molecule has 3 heterocycles. The van der Waals surface area contributed by atoms with Gasteiger partial charge in [-0.2, -0.15) is 5.10 Å². The summed E-state index contributed by atoms with van der Waals surface area (Å²) in [4.78, 5) is 12.4. The van der Waals surface area contributed by atoms with Crippen LogP contribution in [0, 0.1) is 13.8 Å². The molecule has 0 fully saturated rings. The maximum Gasteiger partial charge on any atom is 0.234 e. The fraction of sp³-hybridized carbons (Fsp3) is 0.167. The van der Waals surface area contributed by atoms with Gasteiger partial charge in [-0.05, 0) is 49.2 Å². The van der Waals surface area contributed by atoms with E-state index < -0.39 is 0 Å². The summed E-state index contributed by atoms with van der Waals surface area (Å²) in [5.74, 6) is 0.762. The van der Waals surface area contributed by atoms with Crippen LogP contribution in [0.5, 0.6) is 5.75 Å². The molecule has 0 aliphatic heterocycles. The van der Waals surface area contributed by atoms with Crippen molar-refractivity contribution >= 4 is 34.5 Å². The predicted octanol–water partition coefficient (Wildman–Crippen LogP) is 4.40. The van der Waals surface area contributed by atoms with Crippen LogP contribution in [0.15, 0.2) is 66.1 Å². The Hall–Kier alpha value is -3.85. The van der Waals surface area contributed by atoms with E-state index in [1.54, 1.807) is 17.7 Å². The first-order chi connectivity index (χ1) is 16.0. The van der Waals surface area contributed by atoms with Crippen LogP contribution >= 0.6 is 11.8 Å². The van der Waals surface area contributed by atoms with Gasteiger partial charge in [0, 0.05) is 29.7 Å². The van der Waals surface area contributed by atoms with Crippen molar-refractivity contribution in [1.29, 1.82) is 0 Å². The topological polar surface area (TPSA) is 85.8 Å². The second kappa shape index (κ2) is 8.59. The van der Waals surface area contributed by atoms with Crippen LogP contribution < -0.4 is 10.1 Å². The average Bonchev–Trinajstić information content (AvgIpc) is 3.43. The first-order valence-electron chi connectivity index (χ1n) is 10.4. The lowest BCUT2D eigenvalue weighted by atomic mass is 10.0. The Morgan fingerprint density at radius 2 is 1.94 bits per heavy atom. The SMILES string of the molecule is COc1cccc(NC(=O)CSc2nnc3c4cc(-c5ccc(C)c(C)c5)nn4ccn23)c1. The van der Waals surface area contributed by atoms with Gasteiger partial charge in [0.15, 0.2) is 10.8 Å². The molecule has 5 rings (SSSR count). The Balaban J connectivity index is 1.36. The van der Waals surface area contributed by atoms with Crippen molar-refractivity contribution in [2.75, 3.05) is 18.2 Å². The van der Waals surface area contributed by atoms with Gasteiger partial charge >= 0.3 is 0 Å². The van der Waals surface area contributed by atoms with Gasteiger partial charge in [-0.15, -0.1) is 10.2 Å². The zero-order valence-electron chi connectivity index (χ0n) is 18.4. The lowest BCUT2D eigenvalue weighted by molar-refractivity contribution is -0.113. The number of aromatic nitrogens is 5. The first-order valence-corrected chi connectivity index (χ1v) is 11.4. The van der Waals surface area contributed by atoms with E-state index in [1.807, 2.05) is 41.1 Å². The number of ether oxygens (including phenoxy) is 1. The van der Waals surface area contributed by atoms with Gasteiger partial charge in [0.2, 0.25) is 5.91 Å². The van der Waals surface area contributed by atoms with Gasteiger partial charge in [-0.3, -0.25) is 9.20 Å². The molecule has 0 aliphatic carbocycles. The zero-order chi connectivity index (χ0) is 22.9. The highest BCUT2D eigenvalue weighted by Crippen LogP contribution is 2.26. The normalized spacial score (nSPS) is 11.2. The molecule has 1 amide bonds. The number of carbonyl (C=O) groups is 1. The first kappa shape index (κ1) is 21.0. The lowest BCUT2D eigenvalue weighted by Gasteiger charge is -2.06. The van der Waals surface area contributed by atoms with Crippen molar-refractivity contribution in [3.05, 3.63) is 72.1 Å².